The number of aromatic nitrogens is 1. The van der Waals surface area contributed by atoms with Gasteiger partial charge in [-0.15, -0.1) is 0 Å². The Hall–Kier alpha value is -3.34. The molecule has 164 valence electrons. The molecule has 1 aliphatic heterocycles. The van der Waals surface area contributed by atoms with E-state index in [1.54, 1.807) is 6.20 Å². The lowest BCUT2D eigenvalue weighted by molar-refractivity contribution is -0.140. The Labute approximate surface area is 189 Å². The number of hydrogen-bond acceptors (Lipinski definition) is 4. The number of hydrogen-bond donors (Lipinski definition) is 0. The van der Waals surface area contributed by atoms with Crippen molar-refractivity contribution in [2.24, 2.45) is 5.92 Å². The summed E-state index contributed by atoms with van der Waals surface area (Å²) in [6.45, 7) is 1.61. The van der Waals surface area contributed by atoms with Gasteiger partial charge in [0.2, 0.25) is 5.91 Å². The van der Waals surface area contributed by atoms with Crippen molar-refractivity contribution in [2.45, 2.75) is 38.2 Å². The van der Waals surface area contributed by atoms with Gasteiger partial charge < -0.3 is 14.4 Å². The zero-order chi connectivity index (χ0) is 21.8. The van der Waals surface area contributed by atoms with Crippen LogP contribution in [0.5, 0.6) is 17.2 Å². The number of carbonyl (C=O) groups is 1. The predicted molar refractivity (Wildman–Crippen MR) is 124 cm³/mol. The van der Waals surface area contributed by atoms with Crippen LogP contribution in [0, 0.1) is 5.92 Å². The van der Waals surface area contributed by atoms with Gasteiger partial charge in [-0.05, 0) is 48.7 Å². The van der Waals surface area contributed by atoms with E-state index in [0.29, 0.717) is 11.7 Å². The molecule has 5 nitrogen and oxygen atoms in total. The molecule has 0 unspecified atom stereocenters. The molecule has 1 saturated carbocycles. The Balaban J connectivity index is 1.17. The Bertz CT molecular complexity index is 1040. The van der Waals surface area contributed by atoms with Gasteiger partial charge >= 0.3 is 0 Å². The molecule has 2 heterocycles. The summed E-state index contributed by atoms with van der Waals surface area (Å²) in [5.41, 5.74) is 2.05. The first-order valence-electron chi connectivity index (χ1n) is 11.5. The Kier molecular flexibility index (Phi) is 6.06. The fourth-order valence-corrected chi connectivity index (χ4v) is 4.28. The summed E-state index contributed by atoms with van der Waals surface area (Å²) in [6.07, 6.45) is 8.84. The zero-order valence-electron chi connectivity index (χ0n) is 18.2. The molecule has 1 saturated heterocycles. The highest BCUT2D eigenvalue weighted by Gasteiger charge is 2.32. The van der Waals surface area contributed by atoms with Gasteiger partial charge in [0.1, 0.15) is 23.4 Å². The minimum Gasteiger partial charge on any atom is -0.490 e. The summed E-state index contributed by atoms with van der Waals surface area (Å²) in [5, 5.41) is 0. The monoisotopic (exact) mass is 428 g/mol. The van der Waals surface area contributed by atoms with E-state index in [1.807, 2.05) is 71.8 Å². The van der Waals surface area contributed by atoms with E-state index in [9.17, 15) is 4.79 Å². The second-order valence-corrected chi connectivity index (χ2v) is 8.62. The zero-order valence-corrected chi connectivity index (χ0v) is 18.2. The van der Waals surface area contributed by atoms with Crippen LogP contribution in [0.15, 0.2) is 73.1 Å². The van der Waals surface area contributed by atoms with Crippen molar-refractivity contribution in [1.29, 1.82) is 0 Å². The fourth-order valence-electron chi connectivity index (χ4n) is 4.28. The molecule has 1 aromatic heterocycles. The fraction of sp³-hybridized carbons (Fsp3) is 0.333. The van der Waals surface area contributed by atoms with Crippen LogP contribution in [0.3, 0.4) is 0 Å². The third-order valence-electron chi connectivity index (χ3n) is 6.39. The molecular weight excluding hydrogens is 400 g/mol. The second-order valence-electron chi connectivity index (χ2n) is 8.62. The minimum absolute atomic E-state index is 0.163. The van der Waals surface area contributed by atoms with Crippen molar-refractivity contribution < 1.29 is 14.3 Å². The summed E-state index contributed by atoms with van der Waals surface area (Å²) in [6, 6.07) is 19.8. The number of pyridine rings is 1. The number of rotatable bonds is 6. The van der Waals surface area contributed by atoms with E-state index in [2.05, 4.69) is 4.98 Å². The number of amides is 1. The van der Waals surface area contributed by atoms with Crippen molar-refractivity contribution in [3.8, 4) is 28.4 Å². The Morgan fingerprint density at radius 1 is 0.812 bits per heavy atom. The van der Waals surface area contributed by atoms with Gasteiger partial charge in [-0.2, -0.15) is 0 Å². The van der Waals surface area contributed by atoms with Gasteiger partial charge in [-0.25, -0.2) is 0 Å². The van der Waals surface area contributed by atoms with Crippen LogP contribution in [0.2, 0.25) is 0 Å². The molecule has 1 amide bonds. The molecule has 0 radical (unpaired) electrons. The Morgan fingerprint density at radius 3 is 2.25 bits per heavy atom. The number of piperidine rings is 1. The Morgan fingerprint density at radius 2 is 1.56 bits per heavy atom. The average molecular weight is 429 g/mol. The molecule has 0 atom stereocenters. The topological polar surface area (TPSA) is 51.7 Å². The smallest absolute Gasteiger partial charge is 0.225 e. The standard InChI is InChI=1S/C27H28N2O3/c30-27(21-5-4-6-21)29-15-13-25(14-16-29)31-24-11-9-20(10-12-24)22-17-26(19-28-18-22)32-23-7-2-1-3-8-23/h1-3,7-12,17-19,21,25H,4-6,13-16H2. The lowest BCUT2D eigenvalue weighted by atomic mass is 9.84. The molecule has 0 spiro atoms. The largest absolute Gasteiger partial charge is 0.490 e. The maximum Gasteiger partial charge on any atom is 0.225 e. The van der Waals surface area contributed by atoms with E-state index in [4.69, 9.17) is 9.47 Å². The molecular formula is C27H28N2O3. The number of likely N-dealkylation sites (tertiary alicyclic amines) is 1. The second kappa shape index (κ2) is 9.43. The first kappa shape index (κ1) is 20.6. The van der Waals surface area contributed by atoms with Crippen LogP contribution in [-0.4, -0.2) is 35.0 Å². The summed E-state index contributed by atoms with van der Waals surface area (Å²) in [7, 11) is 0. The first-order chi connectivity index (χ1) is 15.7. The van der Waals surface area contributed by atoms with Crippen LogP contribution in [0.4, 0.5) is 0 Å². The van der Waals surface area contributed by atoms with Crippen molar-refractivity contribution in [2.75, 3.05) is 13.1 Å². The lowest BCUT2D eigenvalue weighted by Crippen LogP contribution is -2.45. The number of nitrogens with zero attached hydrogens (tertiary/aromatic N) is 2. The van der Waals surface area contributed by atoms with Crippen LogP contribution < -0.4 is 9.47 Å². The maximum absolute atomic E-state index is 12.4. The highest BCUT2D eigenvalue weighted by Crippen LogP contribution is 2.31. The van der Waals surface area contributed by atoms with Crippen LogP contribution in [0.1, 0.15) is 32.1 Å². The highest BCUT2D eigenvalue weighted by molar-refractivity contribution is 5.79. The van der Waals surface area contributed by atoms with Crippen LogP contribution in [0.25, 0.3) is 11.1 Å². The lowest BCUT2D eigenvalue weighted by Gasteiger charge is -2.36. The molecule has 2 aromatic carbocycles. The molecule has 5 heteroatoms. The highest BCUT2D eigenvalue weighted by atomic mass is 16.5. The van der Waals surface area contributed by atoms with E-state index < -0.39 is 0 Å². The summed E-state index contributed by atoms with van der Waals surface area (Å²) >= 11 is 0. The maximum atomic E-state index is 12.4. The molecule has 0 bridgehead atoms. The first-order valence-corrected chi connectivity index (χ1v) is 11.5. The van der Waals surface area contributed by atoms with Crippen molar-refractivity contribution in [3.05, 3.63) is 73.1 Å². The molecule has 2 fully saturated rings. The third kappa shape index (κ3) is 4.77. The van der Waals surface area contributed by atoms with E-state index in [0.717, 1.165) is 61.4 Å². The molecule has 2 aliphatic rings. The molecule has 1 aliphatic carbocycles. The summed E-state index contributed by atoms with van der Waals surface area (Å²) < 4.78 is 12.1. The van der Waals surface area contributed by atoms with Gasteiger partial charge in [0.05, 0.1) is 6.20 Å². The number of benzene rings is 2. The third-order valence-corrected chi connectivity index (χ3v) is 6.39. The van der Waals surface area contributed by atoms with Gasteiger partial charge in [0.25, 0.3) is 0 Å². The molecule has 32 heavy (non-hydrogen) atoms. The van der Waals surface area contributed by atoms with Crippen LogP contribution >= 0.6 is 0 Å². The summed E-state index contributed by atoms with van der Waals surface area (Å²) in [4.78, 5) is 18.8. The van der Waals surface area contributed by atoms with E-state index in [1.165, 1.54) is 6.42 Å². The van der Waals surface area contributed by atoms with Gasteiger partial charge in [-0.3, -0.25) is 9.78 Å². The minimum atomic E-state index is 0.163. The predicted octanol–water partition coefficient (Wildman–Crippen LogP) is 5.71. The summed E-state index contributed by atoms with van der Waals surface area (Å²) in [5.74, 6) is 2.99. The van der Waals surface area contributed by atoms with E-state index in [-0.39, 0.29) is 12.0 Å². The molecule has 3 aromatic rings. The van der Waals surface area contributed by atoms with Gasteiger partial charge in [0.15, 0.2) is 0 Å². The number of carbonyl (C=O) groups excluding carboxylic acids is 1. The van der Waals surface area contributed by atoms with Gasteiger partial charge in [0, 0.05) is 43.6 Å². The van der Waals surface area contributed by atoms with E-state index >= 15 is 0 Å². The SMILES string of the molecule is O=C(C1CCC1)N1CCC(Oc2ccc(-c3cncc(Oc4ccccc4)c3)cc2)CC1. The van der Waals surface area contributed by atoms with Crippen LogP contribution in [-0.2, 0) is 4.79 Å². The molecule has 0 N–H and O–H groups in total. The van der Waals surface area contributed by atoms with Crippen molar-refractivity contribution in [3.63, 3.8) is 0 Å². The average Bonchev–Trinajstić information content (AvgIpc) is 2.80. The van der Waals surface area contributed by atoms with Gasteiger partial charge in [-0.1, -0.05) is 36.8 Å². The van der Waals surface area contributed by atoms with Crippen molar-refractivity contribution in [1.82, 2.24) is 9.88 Å². The normalized spacial score (nSPS) is 16.9. The number of ether oxygens (including phenoxy) is 2. The number of para-hydroxylation sites is 1. The molecule has 5 rings (SSSR count). The quantitative estimate of drug-likeness (QED) is 0.505. The van der Waals surface area contributed by atoms with Crippen molar-refractivity contribution >= 4 is 5.91 Å².